The van der Waals surface area contributed by atoms with E-state index in [4.69, 9.17) is 10.5 Å². The number of carbonyl (C=O) groups excluding carboxylic acids is 2. The first-order chi connectivity index (χ1) is 8.73. The first kappa shape index (κ1) is 15.9. The van der Waals surface area contributed by atoms with E-state index in [1.165, 1.54) is 4.90 Å². The number of aliphatic hydroxyl groups excluding tert-OH is 1. The van der Waals surface area contributed by atoms with Crippen LogP contribution in [0.15, 0.2) is 0 Å². The van der Waals surface area contributed by atoms with Gasteiger partial charge in [-0.05, 0) is 11.8 Å². The Morgan fingerprint density at radius 3 is 2.42 bits per heavy atom. The van der Waals surface area contributed by atoms with E-state index < -0.39 is 24.3 Å². The largest absolute Gasteiger partial charge is 0.368 e. The predicted molar refractivity (Wildman–Crippen MR) is 69.9 cm³/mol. The minimum absolute atomic E-state index is 0.0261. The maximum absolute atomic E-state index is 12.0. The predicted octanol–water partition coefficient (Wildman–Crippen LogP) is 0.0882. The van der Waals surface area contributed by atoms with Crippen LogP contribution in [0.3, 0.4) is 0 Å². The van der Waals surface area contributed by atoms with Crippen molar-refractivity contribution in [1.82, 2.24) is 4.90 Å². The highest BCUT2D eigenvalue weighted by atomic mass is 16.6. The second-order valence-electron chi connectivity index (χ2n) is 5.72. The number of amides is 2. The van der Waals surface area contributed by atoms with Crippen LogP contribution < -0.4 is 5.73 Å². The van der Waals surface area contributed by atoms with E-state index in [-0.39, 0.29) is 17.7 Å². The van der Waals surface area contributed by atoms with Crippen LogP contribution in [0.2, 0.25) is 0 Å². The Hall–Kier alpha value is -1.14. The second kappa shape index (κ2) is 6.34. The summed E-state index contributed by atoms with van der Waals surface area (Å²) in [7, 11) is 1.56. The van der Waals surface area contributed by atoms with E-state index in [9.17, 15) is 14.7 Å². The molecule has 6 nitrogen and oxygen atoms in total. The minimum atomic E-state index is -0.893. The third-order valence-electron chi connectivity index (χ3n) is 3.44. The Labute approximate surface area is 113 Å². The summed E-state index contributed by atoms with van der Waals surface area (Å²) in [5.41, 5.74) is 5.40. The van der Waals surface area contributed by atoms with Gasteiger partial charge in [-0.1, -0.05) is 20.8 Å². The molecule has 1 heterocycles. The van der Waals surface area contributed by atoms with Crippen LogP contribution in [0.5, 0.6) is 0 Å². The van der Waals surface area contributed by atoms with E-state index in [2.05, 4.69) is 0 Å². The molecule has 0 radical (unpaired) electrons. The lowest BCUT2D eigenvalue weighted by Crippen LogP contribution is -2.54. The van der Waals surface area contributed by atoms with Gasteiger partial charge in [0.25, 0.3) is 0 Å². The SMILES string of the molecule is CC(C)CC(=O)N(C)[C@H](C(N)=O)[C@@H]1OC(O)C[C@H]1C. The van der Waals surface area contributed by atoms with Crippen LogP contribution in [0, 0.1) is 11.8 Å². The molecule has 19 heavy (non-hydrogen) atoms. The number of rotatable bonds is 5. The van der Waals surface area contributed by atoms with Crippen molar-refractivity contribution < 1.29 is 19.4 Å². The van der Waals surface area contributed by atoms with E-state index in [0.29, 0.717) is 12.8 Å². The molecule has 3 N–H and O–H groups in total. The lowest BCUT2D eigenvalue weighted by molar-refractivity contribution is -0.151. The maximum Gasteiger partial charge on any atom is 0.242 e. The Kier molecular flexibility index (Phi) is 5.31. The van der Waals surface area contributed by atoms with Gasteiger partial charge >= 0.3 is 0 Å². The molecule has 6 heteroatoms. The average molecular weight is 272 g/mol. The molecule has 0 bridgehead atoms. The highest BCUT2D eigenvalue weighted by Gasteiger charge is 2.42. The van der Waals surface area contributed by atoms with Gasteiger partial charge in [-0.15, -0.1) is 0 Å². The lowest BCUT2D eigenvalue weighted by Gasteiger charge is -2.32. The topological polar surface area (TPSA) is 92.9 Å². The zero-order valence-corrected chi connectivity index (χ0v) is 12.0. The molecular weight excluding hydrogens is 248 g/mol. The molecule has 1 fully saturated rings. The van der Waals surface area contributed by atoms with Crippen molar-refractivity contribution in [2.75, 3.05) is 7.05 Å². The summed E-state index contributed by atoms with van der Waals surface area (Å²) in [6.45, 7) is 5.74. The smallest absolute Gasteiger partial charge is 0.242 e. The van der Waals surface area contributed by atoms with Crippen LogP contribution in [0.4, 0.5) is 0 Å². The van der Waals surface area contributed by atoms with Crippen molar-refractivity contribution in [2.45, 2.75) is 52.0 Å². The van der Waals surface area contributed by atoms with Gasteiger partial charge < -0.3 is 20.5 Å². The zero-order chi connectivity index (χ0) is 14.7. The molecule has 0 aromatic heterocycles. The first-order valence-electron chi connectivity index (χ1n) is 6.62. The highest BCUT2D eigenvalue weighted by molar-refractivity contribution is 5.87. The van der Waals surface area contributed by atoms with Crippen LogP contribution >= 0.6 is 0 Å². The number of likely N-dealkylation sites (N-methyl/N-ethyl adjacent to an activating group) is 1. The van der Waals surface area contributed by atoms with Crippen LogP contribution in [0.25, 0.3) is 0 Å². The lowest BCUT2D eigenvalue weighted by atomic mass is 9.95. The standard InChI is InChI=1S/C13H24N2O4/c1-7(2)5-9(16)15(4)11(13(14)18)12-8(3)6-10(17)19-12/h7-8,10-12,17H,5-6H2,1-4H3,(H2,14,18)/t8-,10?,11+,12-/m1/s1. The van der Waals surface area contributed by atoms with Gasteiger partial charge in [-0.25, -0.2) is 0 Å². The summed E-state index contributed by atoms with van der Waals surface area (Å²) in [5, 5.41) is 9.49. The molecule has 110 valence electrons. The van der Waals surface area contributed by atoms with E-state index in [1.54, 1.807) is 7.05 Å². The molecule has 1 saturated heterocycles. The molecule has 4 atom stereocenters. The van der Waals surface area contributed by atoms with Gasteiger partial charge in [0, 0.05) is 19.9 Å². The van der Waals surface area contributed by atoms with Gasteiger partial charge in [0.05, 0.1) is 6.10 Å². The zero-order valence-electron chi connectivity index (χ0n) is 12.0. The average Bonchev–Trinajstić information content (AvgIpc) is 2.56. The van der Waals surface area contributed by atoms with Crippen LogP contribution in [-0.2, 0) is 14.3 Å². The fourth-order valence-electron chi connectivity index (χ4n) is 2.43. The fourth-order valence-corrected chi connectivity index (χ4v) is 2.43. The van der Waals surface area contributed by atoms with Crippen molar-refractivity contribution in [3.05, 3.63) is 0 Å². The van der Waals surface area contributed by atoms with E-state index in [0.717, 1.165) is 0 Å². The molecular formula is C13H24N2O4. The van der Waals surface area contributed by atoms with Gasteiger partial charge in [0.1, 0.15) is 6.04 Å². The summed E-state index contributed by atoms with van der Waals surface area (Å²) in [5.74, 6) is -0.570. The van der Waals surface area contributed by atoms with Crippen molar-refractivity contribution in [3.8, 4) is 0 Å². The monoisotopic (exact) mass is 272 g/mol. The number of hydrogen-bond acceptors (Lipinski definition) is 4. The molecule has 1 aliphatic rings. The summed E-state index contributed by atoms with van der Waals surface area (Å²) in [6, 6.07) is -0.835. The van der Waals surface area contributed by atoms with E-state index in [1.807, 2.05) is 20.8 Å². The third-order valence-corrected chi connectivity index (χ3v) is 3.44. The van der Waals surface area contributed by atoms with Gasteiger partial charge in [0.2, 0.25) is 11.8 Å². The Bertz CT molecular complexity index is 346. The normalized spacial score (nSPS) is 28.4. The Morgan fingerprint density at radius 2 is 2.05 bits per heavy atom. The number of nitrogens with two attached hydrogens (primary N) is 1. The molecule has 0 saturated carbocycles. The number of carbonyl (C=O) groups is 2. The first-order valence-corrected chi connectivity index (χ1v) is 6.62. The molecule has 1 rings (SSSR count). The van der Waals surface area contributed by atoms with Crippen molar-refractivity contribution in [1.29, 1.82) is 0 Å². The van der Waals surface area contributed by atoms with Crippen LogP contribution in [0.1, 0.15) is 33.6 Å². The second-order valence-corrected chi connectivity index (χ2v) is 5.72. The summed E-state index contributed by atoms with van der Waals surface area (Å²) in [4.78, 5) is 25.0. The number of hydrogen-bond donors (Lipinski definition) is 2. The summed E-state index contributed by atoms with van der Waals surface area (Å²) in [6.07, 6.45) is -0.644. The number of primary amides is 1. The molecule has 1 unspecified atom stereocenters. The van der Waals surface area contributed by atoms with Crippen molar-refractivity contribution >= 4 is 11.8 Å². The van der Waals surface area contributed by atoms with E-state index >= 15 is 0 Å². The Morgan fingerprint density at radius 1 is 1.47 bits per heavy atom. The summed E-state index contributed by atoms with van der Waals surface area (Å²) < 4.78 is 5.33. The van der Waals surface area contributed by atoms with Gasteiger partial charge in [-0.2, -0.15) is 0 Å². The summed E-state index contributed by atoms with van der Waals surface area (Å²) >= 11 is 0. The Balaban J connectivity index is 2.83. The maximum atomic E-state index is 12.0. The molecule has 2 amide bonds. The number of aliphatic hydroxyl groups is 1. The van der Waals surface area contributed by atoms with Gasteiger partial charge in [0.15, 0.2) is 6.29 Å². The van der Waals surface area contributed by atoms with Crippen molar-refractivity contribution in [3.63, 3.8) is 0 Å². The fraction of sp³-hybridized carbons (Fsp3) is 0.846. The third kappa shape index (κ3) is 3.91. The molecule has 0 spiro atoms. The molecule has 0 aromatic carbocycles. The quantitative estimate of drug-likeness (QED) is 0.741. The highest BCUT2D eigenvalue weighted by Crippen LogP contribution is 2.29. The number of nitrogens with zero attached hydrogens (tertiary/aromatic N) is 1. The van der Waals surface area contributed by atoms with Crippen LogP contribution in [-0.4, -0.2) is 47.3 Å². The molecule has 1 aliphatic heterocycles. The molecule has 0 aliphatic carbocycles. The minimum Gasteiger partial charge on any atom is -0.368 e. The molecule has 0 aromatic rings. The van der Waals surface area contributed by atoms with Gasteiger partial charge in [-0.3, -0.25) is 9.59 Å². The van der Waals surface area contributed by atoms with Crippen molar-refractivity contribution in [2.24, 2.45) is 17.6 Å². The number of ether oxygens (including phenoxy) is 1.